The fraction of sp³-hybridized carbons (Fsp3) is 0.280. The van der Waals surface area contributed by atoms with Gasteiger partial charge >= 0.3 is 54.7 Å². The summed E-state index contributed by atoms with van der Waals surface area (Å²) in [5.74, 6) is -1.47. The fourth-order valence-electron chi connectivity index (χ4n) is 14.0. The number of carbonyl (C=O) groups excluding carboxylic acids is 9. The number of alkyl halides is 9. The summed E-state index contributed by atoms with van der Waals surface area (Å²) in [6.07, 6.45) is -10.5. The Kier molecular flexibility index (Phi) is 22.3. The number of ketones is 3. The average molecular weight is 1640 g/mol. The summed E-state index contributed by atoms with van der Waals surface area (Å²) in [6, 6.07) is 17.5. The quantitative estimate of drug-likeness (QED) is 0.101. The number of nitriles is 3. The second kappa shape index (κ2) is 30.9. The summed E-state index contributed by atoms with van der Waals surface area (Å²) < 4.78 is 197. The predicted molar refractivity (Wildman–Crippen MR) is 383 cm³/mol. The van der Waals surface area contributed by atoms with Crippen LogP contribution in [0, 0.1) is 34.0 Å². The van der Waals surface area contributed by atoms with E-state index in [4.69, 9.17) is 0 Å². The van der Waals surface area contributed by atoms with E-state index in [-0.39, 0.29) is 150 Å². The lowest BCUT2D eigenvalue weighted by molar-refractivity contribution is -0.138. The molecule has 3 heterocycles. The molecule has 12 amide bonds. The van der Waals surface area contributed by atoms with Crippen molar-refractivity contribution in [1.82, 2.24) is 30.7 Å². The third kappa shape index (κ3) is 16.0. The van der Waals surface area contributed by atoms with E-state index in [1.54, 1.807) is 6.92 Å². The van der Waals surface area contributed by atoms with Crippen LogP contribution in [0.15, 0.2) is 176 Å². The van der Waals surface area contributed by atoms with Crippen molar-refractivity contribution in [3.63, 3.8) is 0 Å². The van der Waals surface area contributed by atoms with Crippen molar-refractivity contribution in [3.8, 4) is 18.2 Å². The number of amides is 12. The maximum Gasteiger partial charge on any atom is 0.416 e. The number of nitrogens with one attached hydrogen (secondary N) is 3. The molecule has 0 saturated heterocycles. The molecule has 27 nitrogen and oxygen atoms in total. The van der Waals surface area contributed by atoms with Crippen LogP contribution in [0.25, 0.3) is 0 Å². The lowest BCUT2D eigenvalue weighted by Gasteiger charge is -2.41. The number of nitrogens with zero attached hydrogens (tertiary/aromatic N) is 9. The van der Waals surface area contributed by atoms with Crippen molar-refractivity contribution < 1.29 is 108 Å². The van der Waals surface area contributed by atoms with Crippen molar-refractivity contribution in [2.24, 2.45) is 0 Å². The first-order valence-electron chi connectivity index (χ1n) is 34.1. The number of hydrogen-bond acceptors (Lipinski definition) is 18. The zero-order chi connectivity index (χ0) is 83.5. The third-order valence-electron chi connectivity index (χ3n) is 19.1. The van der Waals surface area contributed by atoms with Crippen molar-refractivity contribution in [1.29, 1.82) is 15.8 Å². The Morgan fingerprint density at radius 1 is 0.430 bits per heavy atom. The molecule has 1 saturated carbocycles. The van der Waals surface area contributed by atoms with Gasteiger partial charge in [0.15, 0.2) is 46.9 Å². The number of Topliss-reactive ketones (excluding diaryl/α,β-unsaturated/α-hetero) is 3. The van der Waals surface area contributed by atoms with Crippen LogP contribution in [0.2, 0.25) is 0 Å². The minimum Gasteiger partial charge on any atom is -0.341 e. The molecule has 0 spiro atoms. The summed E-state index contributed by atoms with van der Waals surface area (Å²) >= 11 is 0. The van der Waals surface area contributed by atoms with Crippen molar-refractivity contribution in [2.75, 3.05) is 47.1 Å². The van der Waals surface area contributed by atoms with Gasteiger partial charge in [0.25, 0.3) is 0 Å². The predicted octanol–water partition coefficient (Wildman–Crippen LogP) is 12.7. The molecule has 3 atom stereocenters. The van der Waals surface area contributed by atoms with Crippen molar-refractivity contribution >= 4 is 100 Å². The highest BCUT2D eigenvalue weighted by molar-refractivity contribution is 7.91. The van der Waals surface area contributed by atoms with Crippen LogP contribution < -0.4 is 30.7 Å². The molecule has 6 aromatic carbocycles. The second-order valence-corrected chi connectivity index (χ2v) is 32.6. The average Bonchev–Trinajstić information content (AvgIpc) is 1.38. The highest BCUT2D eigenvalue weighted by Crippen LogP contribution is 2.52. The number of anilines is 3. The standard InChI is InChI=1S/C26H21F3N4O5S.C25H21F3N4O5S.C24H19F3N4O5S/c1-39(37,38)21-11-14(13-30)5-8-18(21)23-22-19(9-10-20(22)34)32(17-4-2-3-15(12-17)26(27,28)29)25(36)33(23)24(35)31-16-6-7-16;1-3-30-23(34)32-22(17-8-7-14(13-29)11-20(17)38(2,36)37)21-18(9-10-19(21)33)31(24(32)35)16-6-4-5-15(12-16)25(26,27)28;1-29-22(33)31-21(16-7-6-13(12-28)10-19(16)37(2,35)36)20-17(8-9-18(20)32)30(23(31)34)15-5-3-4-14(11-15)24(25,26)27/h2-5,8,11-12,16,23H,6-7,9-10H2,1H3,(H,31,35);4-8,11-12,22H,3,9-10H2,1-2H3,(H,30,34);3-7,10-11,21H,8-9H2,1-2H3,(H,29,33)/t23-;22-;21-/m111/s1. The topological polar surface area (TPSA) is 383 Å². The Bertz CT molecular complexity index is 5780. The van der Waals surface area contributed by atoms with Gasteiger partial charge in [0.2, 0.25) is 0 Å². The highest BCUT2D eigenvalue weighted by Gasteiger charge is 2.54. The molecule has 0 radical (unpaired) electrons. The van der Waals surface area contributed by atoms with Crippen LogP contribution >= 0.6 is 0 Å². The van der Waals surface area contributed by atoms with E-state index in [0.29, 0.717) is 27.5 Å². The van der Waals surface area contributed by atoms with Gasteiger partial charge in [-0.05, 0) is 147 Å². The number of hydrogen-bond donors (Lipinski definition) is 3. The number of allylic oxidation sites excluding steroid dienone is 3. The molecule has 1 fully saturated rings. The zero-order valence-corrected chi connectivity index (χ0v) is 62.5. The first-order chi connectivity index (χ1) is 53.4. The molecular formula is C75H61F9N12O15S3. The van der Waals surface area contributed by atoms with Gasteiger partial charge in [0.1, 0.15) is 18.1 Å². The van der Waals surface area contributed by atoms with Gasteiger partial charge in [-0.1, -0.05) is 36.4 Å². The number of rotatable bonds is 11. The highest BCUT2D eigenvalue weighted by atomic mass is 32.2. The monoisotopic (exact) mass is 1640 g/mol. The van der Waals surface area contributed by atoms with Gasteiger partial charge in [0.05, 0.1) is 83.3 Å². The van der Waals surface area contributed by atoms with E-state index >= 15 is 0 Å². The van der Waals surface area contributed by atoms with Gasteiger partial charge in [-0.2, -0.15) is 55.3 Å². The van der Waals surface area contributed by atoms with E-state index in [2.05, 4.69) is 16.0 Å². The maximum absolute atomic E-state index is 14.0. The Balaban J connectivity index is 0.000000169. The summed E-state index contributed by atoms with van der Waals surface area (Å²) in [6.45, 7) is 1.63. The van der Waals surface area contributed by atoms with E-state index in [1.165, 1.54) is 61.6 Å². The van der Waals surface area contributed by atoms with Gasteiger partial charge < -0.3 is 16.0 Å². The van der Waals surface area contributed by atoms with E-state index < -0.39 is 136 Å². The molecule has 39 heteroatoms. The number of sulfone groups is 3. The molecular weight excluding hydrogens is 1580 g/mol. The normalized spacial score (nSPS) is 18.6. The second-order valence-electron chi connectivity index (χ2n) is 26.7. The Morgan fingerprint density at radius 2 is 0.719 bits per heavy atom. The van der Waals surface area contributed by atoms with Crippen LogP contribution in [-0.4, -0.2) is 132 Å². The first kappa shape index (κ1) is 82.4. The Labute approximate surface area is 643 Å². The van der Waals surface area contributed by atoms with Crippen molar-refractivity contribution in [2.45, 2.75) is 116 Å². The molecule has 4 aliphatic carbocycles. The lowest BCUT2D eigenvalue weighted by Crippen LogP contribution is -2.55. The molecule has 7 aliphatic rings. The molecule has 13 rings (SSSR count). The SMILES string of the molecule is CCNC(=O)N1C(=O)N(c2cccc(C(F)(F)F)c2)C2=C(C(=O)CC2)[C@H]1c1ccc(C#N)cc1S(C)(=O)=O.CNC(=O)N1C(=O)N(c2cccc(C(F)(F)F)c2)C2=C(C(=O)CC2)[C@H]1c1ccc(C#N)cc1S(C)(=O)=O.CS(=O)(=O)c1cc(C#N)ccc1[C@@H]1C2=C(CCC2=O)N(c2cccc(C(F)(F)F)c2)C(=O)N1C(=O)NC1CC1. The molecule has 0 bridgehead atoms. The van der Waals surface area contributed by atoms with E-state index in [9.17, 15) is 124 Å². The molecule has 592 valence electrons. The fourth-order valence-corrected chi connectivity index (χ4v) is 16.9. The Hall–Kier alpha value is -12.5. The molecule has 0 unspecified atom stereocenters. The van der Waals surface area contributed by atoms with Gasteiger partial charge in [-0.25, -0.2) is 68.7 Å². The molecule has 6 aromatic rings. The van der Waals surface area contributed by atoms with Crippen LogP contribution in [0.5, 0.6) is 0 Å². The summed E-state index contributed by atoms with van der Waals surface area (Å²) in [7, 11) is -10.9. The lowest BCUT2D eigenvalue weighted by atomic mass is 9.92. The number of halogens is 9. The van der Waals surface area contributed by atoms with Crippen LogP contribution in [-0.2, 0) is 62.4 Å². The smallest absolute Gasteiger partial charge is 0.341 e. The number of imide groups is 3. The molecule has 0 aromatic heterocycles. The van der Waals surface area contributed by atoms with Crippen LogP contribution in [0.3, 0.4) is 0 Å². The minimum absolute atomic E-state index is 0.00147. The number of urea groups is 6. The molecule has 3 aliphatic heterocycles. The summed E-state index contributed by atoms with van der Waals surface area (Å²) in [5, 5.41) is 35.3. The minimum atomic E-state index is -4.72. The zero-order valence-electron chi connectivity index (χ0n) is 60.1. The van der Waals surface area contributed by atoms with E-state index in [1.807, 2.05) is 18.2 Å². The summed E-state index contributed by atoms with van der Waals surface area (Å²) in [5.41, 5.74) is -3.94. The molecule has 114 heavy (non-hydrogen) atoms. The Morgan fingerprint density at radius 3 is 0.974 bits per heavy atom. The molecule has 3 N–H and O–H groups in total. The van der Waals surface area contributed by atoms with Gasteiger partial charge in [0, 0.05) is 91.5 Å². The first-order valence-corrected chi connectivity index (χ1v) is 39.8. The number of carbonyl (C=O) groups is 9. The largest absolute Gasteiger partial charge is 0.416 e. The van der Waals surface area contributed by atoms with Crippen LogP contribution in [0.1, 0.15) is 126 Å². The van der Waals surface area contributed by atoms with Gasteiger partial charge in [-0.15, -0.1) is 0 Å². The summed E-state index contributed by atoms with van der Waals surface area (Å²) in [4.78, 5) is 124. The third-order valence-corrected chi connectivity index (χ3v) is 22.6. The maximum atomic E-state index is 14.0. The van der Waals surface area contributed by atoms with Crippen LogP contribution in [0.4, 0.5) is 85.3 Å². The van der Waals surface area contributed by atoms with Crippen molar-refractivity contribution in [3.05, 3.63) is 211 Å². The number of benzene rings is 6. The van der Waals surface area contributed by atoms with E-state index in [0.717, 1.165) is 106 Å². The van der Waals surface area contributed by atoms with Gasteiger partial charge in [-0.3, -0.25) is 29.1 Å².